The Morgan fingerprint density at radius 1 is 1.18 bits per heavy atom. The van der Waals surface area contributed by atoms with Crippen LogP contribution in [0.25, 0.3) is 0 Å². The minimum absolute atomic E-state index is 0.488. The summed E-state index contributed by atoms with van der Waals surface area (Å²) in [5.41, 5.74) is 1.05. The van der Waals surface area contributed by atoms with Crippen molar-refractivity contribution in [1.29, 1.82) is 0 Å². The van der Waals surface area contributed by atoms with Gasteiger partial charge in [0.15, 0.2) is 0 Å². The minimum Gasteiger partial charge on any atom is -0.465 e. The van der Waals surface area contributed by atoms with Gasteiger partial charge < -0.3 is 10.0 Å². The number of hydrogen-bond donors (Lipinski definition) is 1. The van der Waals surface area contributed by atoms with Crippen molar-refractivity contribution < 1.29 is 9.90 Å². The summed E-state index contributed by atoms with van der Waals surface area (Å²) in [4.78, 5) is 12.6. The Kier molecular flexibility index (Phi) is 6.15. The van der Waals surface area contributed by atoms with Crippen molar-refractivity contribution in [1.82, 2.24) is 4.90 Å². The number of amides is 1. The van der Waals surface area contributed by atoms with Gasteiger partial charge in [0, 0.05) is 13.1 Å². The van der Waals surface area contributed by atoms with E-state index in [2.05, 4.69) is 6.92 Å². The molecule has 1 aromatic carbocycles. The van der Waals surface area contributed by atoms with Gasteiger partial charge >= 0.3 is 6.09 Å². The molecule has 3 heteroatoms. The van der Waals surface area contributed by atoms with Crippen molar-refractivity contribution >= 4 is 6.09 Å². The Morgan fingerprint density at radius 2 is 1.88 bits per heavy atom. The molecule has 1 aromatic rings. The quantitative estimate of drug-likeness (QED) is 0.731. The van der Waals surface area contributed by atoms with E-state index in [4.69, 9.17) is 5.11 Å². The van der Waals surface area contributed by atoms with Gasteiger partial charge in [-0.1, -0.05) is 56.5 Å². The van der Waals surface area contributed by atoms with Crippen LogP contribution in [0.3, 0.4) is 0 Å². The number of carbonyl (C=O) groups is 1. The fourth-order valence-electron chi connectivity index (χ4n) is 1.78. The lowest BCUT2D eigenvalue weighted by Gasteiger charge is -2.19. The minimum atomic E-state index is -0.828. The van der Waals surface area contributed by atoms with Gasteiger partial charge in [-0.25, -0.2) is 4.79 Å². The van der Waals surface area contributed by atoms with E-state index in [1.165, 1.54) is 17.7 Å². The summed E-state index contributed by atoms with van der Waals surface area (Å²) >= 11 is 0. The van der Waals surface area contributed by atoms with Crippen LogP contribution < -0.4 is 0 Å². The number of unbranched alkanes of at least 4 members (excludes halogenated alkanes) is 3. The highest BCUT2D eigenvalue weighted by molar-refractivity contribution is 5.64. The van der Waals surface area contributed by atoms with Crippen molar-refractivity contribution in [2.45, 2.75) is 39.2 Å². The fourth-order valence-corrected chi connectivity index (χ4v) is 1.78. The summed E-state index contributed by atoms with van der Waals surface area (Å²) in [7, 11) is 0. The lowest BCUT2D eigenvalue weighted by Crippen LogP contribution is -2.29. The van der Waals surface area contributed by atoms with Crippen LogP contribution in [0.4, 0.5) is 4.79 Å². The molecule has 0 heterocycles. The zero-order valence-electron chi connectivity index (χ0n) is 10.4. The molecule has 0 spiro atoms. The zero-order valence-corrected chi connectivity index (χ0v) is 10.4. The van der Waals surface area contributed by atoms with Crippen LogP contribution >= 0.6 is 0 Å². The van der Waals surface area contributed by atoms with E-state index in [1.54, 1.807) is 0 Å². The number of nitrogens with zero attached hydrogens (tertiary/aromatic N) is 1. The number of rotatable bonds is 7. The van der Waals surface area contributed by atoms with Gasteiger partial charge in [0.2, 0.25) is 0 Å². The highest BCUT2D eigenvalue weighted by Crippen LogP contribution is 2.07. The average Bonchev–Trinajstić information content (AvgIpc) is 2.34. The van der Waals surface area contributed by atoms with E-state index in [0.29, 0.717) is 13.1 Å². The van der Waals surface area contributed by atoms with Crippen LogP contribution in [0, 0.1) is 0 Å². The molecule has 0 saturated heterocycles. The second kappa shape index (κ2) is 7.71. The van der Waals surface area contributed by atoms with Gasteiger partial charge in [0.25, 0.3) is 0 Å². The summed E-state index contributed by atoms with van der Waals surface area (Å²) in [5, 5.41) is 9.12. The third-order valence-electron chi connectivity index (χ3n) is 2.77. The van der Waals surface area contributed by atoms with E-state index in [1.807, 2.05) is 30.3 Å². The monoisotopic (exact) mass is 235 g/mol. The Labute approximate surface area is 103 Å². The van der Waals surface area contributed by atoms with E-state index < -0.39 is 6.09 Å². The molecule has 0 aliphatic carbocycles. The van der Waals surface area contributed by atoms with Crippen molar-refractivity contribution in [3.63, 3.8) is 0 Å². The molecule has 0 atom stereocenters. The highest BCUT2D eigenvalue weighted by atomic mass is 16.4. The molecular formula is C14H21NO2. The van der Waals surface area contributed by atoms with Crippen LogP contribution in [-0.2, 0) is 6.54 Å². The number of carboxylic acid groups (broad SMARTS) is 1. The van der Waals surface area contributed by atoms with Gasteiger partial charge in [-0.05, 0) is 12.0 Å². The second-order valence-corrected chi connectivity index (χ2v) is 4.25. The Bertz CT molecular complexity index is 324. The Balaban J connectivity index is 2.41. The third kappa shape index (κ3) is 5.38. The first kappa shape index (κ1) is 13.6. The summed E-state index contributed by atoms with van der Waals surface area (Å²) < 4.78 is 0. The van der Waals surface area contributed by atoms with Crippen molar-refractivity contribution in [2.75, 3.05) is 6.54 Å². The molecule has 0 aromatic heterocycles. The fraction of sp³-hybridized carbons (Fsp3) is 0.500. The number of benzene rings is 1. The van der Waals surface area contributed by atoms with Crippen LogP contribution in [-0.4, -0.2) is 22.6 Å². The molecule has 0 aliphatic rings. The molecular weight excluding hydrogens is 214 g/mol. The maximum Gasteiger partial charge on any atom is 0.407 e. The van der Waals surface area contributed by atoms with Crippen LogP contribution in [0.15, 0.2) is 30.3 Å². The standard InChI is InChI=1S/C14H21NO2/c1-2-3-4-8-11-15(14(16)17)12-13-9-6-5-7-10-13/h5-7,9-10H,2-4,8,11-12H2,1H3,(H,16,17). The molecule has 1 rings (SSSR count). The summed E-state index contributed by atoms with van der Waals surface area (Å²) in [5.74, 6) is 0. The van der Waals surface area contributed by atoms with Crippen molar-refractivity contribution in [3.05, 3.63) is 35.9 Å². The second-order valence-electron chi connectivity index (χ2n) is 4.25. The summed E-state index contributed by atoms with van der Waals surface area (Å²) in [6.07, 6.45) is 3.58. The van der Waals surface area contributed by atoms with Gasteiger partial charge in [0.05, 0.1) is 0 Å². The van der Waals surface area contributed by atoms with Gasteiger partial charge in [-0.2, -0.15) is 0 Å². The molecule has 94 valence electrons. The zero-order chi connectivity index (χ0) is 12.5. The van der Waals surface area contributed by atoms with E-state index in [9.17, 15) is 4.79 Å². The molecule has 0 bridgehead atoms. The molecule has 17 heavy (non-hydrogen) atoms. The van der Waals surface area contributed by atoms with E-state index in [0.717, 1.165) is 18.4 Å². The smallest absolute Gasteiger partial charge is 0.407 e. The molecule has 3 nitrogen and oxygen atoms in total. The largest absolute Gasteiger partial charge is 0.465 e. The summed E-state index contributed by atoms with van der Waals surface area (Å²) in [6.45, 7) is 3.27. The molecule has 0 unspecified atom stereocenters. The first-order chi connectivity index (χ1) is 8.24. The SMILES string of the molecule is CCCCCCN(Cc1ccccc1)C(=O)O. The van der Waals surface area contributed by atoms with Crippen LogP contribution in [0.2, 0.25) is 0 Å². The lowest BCUT2D eigenvalue weighted by molar-refractivity contribution is 0.141. The summed E-state index contributed by atoms with van der Waals surface area (Å²) in [6, 6.07) is 9.73. The Morgan fingerprint density at radius 3 is 2.47 bits per heavy atom. The molecule has 1 N–H and O–H groups in total. The van der Waals surface area contributed by atoms with Crippen molar-refractivity contribution in [2.24, 2.45) is 0 Å². The number of hydrogen-bond acceptors (Lipinski definition) is 1. The predicted molar refractivity (Wildman–Crippen MR) is 69.0 cm³/mol. The first-order valence-electron chi connectivity index (χ1n) is 6.26. The van der Waals surface area contributed by atoms with E-state index in [-0.39, 0.29) is 0 Å². The third-order valence-corrected chi connectivity index (χ3v) is 2.77. The topological polar surface area (TPSA) is 40.5 Å². The maximum atomic E-state index is 11.1. The molecule has 0 saturated carbocycles. The van der Waals surface area contributed by atoms with Gasteiger partial charge in [0.1, 0.15) is 0 Å². The molecule has 0 radical (unpaired) electrons. The van der Waals surface area contributed by atoms with Gasteiger partial charge in [-0.3, -0.25) is 0 Å². The maximum absolute atomic E-state index is 11.1. The lowest BCUT2D eigenvalue weighted by atomic mass is 10.2. The molecule has 1 amide bonds. The predicted octanol–water partition coefficient (Wildman–Crippen LogP) is 3.75. The van der Waals surface area contributed by atoms with Crippen molar-refractivity contribution in [3.8, 4) is 0 Å². The average molecular weight is 235 g/mol. The molecule has 0 aliphatic heterocycles. The normalized spacial score (nSPS) is 10.2. The first-order valence-corrected chi connectivity index (χ1v) is 6.26. The molecule has 0 fully saturated rings. The Hall–Kier alpha value is -1.51. The van der Waals surface area contributed by atoms with E-state index >= 15 is 0 Å². The van der Waals surface area contributed by atoms with Crippen LogP contribution in [0.5, 0.6) is 0 Å². The van der Waals surface area contributed by atoms with Gasteiger partial charge in [-0.15, -0.1) is 0 Å². The highest BCUT2D eigenvalue weighted by Gasteiger charge is 2.11. The van der Waals surface area contributed by atoms with Crippen LogP contribution in [0.1, 0.15) is 38.2 Å².